The van der Waals surface area contributed by atoms with E-state index < -0.39 is 0 Å². The predicted molar refractivity (Wildman–Crippen MR) is 148 cm³/mol. The van der Waals surface area contributed by atoms with E-state index in [-0.39, 0.29) is 0 Å². The fourth-order valence-corrected chi connectivity index (χ4v) is 13.1. The molecule has 0 bridgehead atoms. The van der Waals surface area contributed by atoms with Crippen LogP contribution in [-0.2, 0) is 0 Å². The van der Waals surface area contributed by atoms with Gasteiger partial charge < -0.3 is 0 Å². The quantitative estimate of drug-likeness (QED) is 0.304. The van der Waals surface area contributed by atoms with Gasteiger partial charge in [-0.05, 0) is 158 Å². The molecule has 35 heavy (non-hydrogen) atoms. The molecule has 198 valence electrons. The molecular weight excluding hydrogens is 420 g/mol. The topological polar surface area (TPSA) is 0 Å². The van der Waals surface area contributed by atoms with Crippen molar-refractivity contribution in [1.29, 1.82) is 0 Å². The van der Waals surface area contributed by atoms with Crippen molar-refractivity contribution in [2.75, 3.05) is 0 Å². The first-order valence-electron chi connectivity index (χ1n) is 16.8. The van der Waals surface area contributed by atoms with Crippen LogP contribution in [0.2, 0.25) is 0 Å². The summed E-state index contributed by atoms with van der Waals surface area (Å²) < 4.78 is 0. The zero-order valence-electron chi connectivity index (χ0n) is 24.1. The molecule has 7 saturated carbocycles. The van der Waals surface area contributed by atoms with Crippen LogP contribution in [0.5, 0.6) is 0 Å². The molecule has 0 aromatic carbocycles. The maximum Gasteiger partial charge on any atom is -0.0287 e. The lowest BCUT2D eigenvalue weighted by atomic mass is 9.38. The van der Waals surface area contributed by atoms with Gasteiger partial charge in [0.15, 0.2) is 0 Å². The Morgan fingerprint density at radius 2 is 1.26 bits per heavy atom. The first-order chi connectivity index (χ1) is 16.8. The molecule has 2 spiro atoms. The standard InChI is InChI=1S/C35H58/c1-6-7-8-9-10-28-22(4)11-30-32-23(5)29(12-31(32)33(28)30)27-19-35(20-27)17-26(18-35)25-15-34(16-25)13-24(14-34)21(2)3/h21-33H,6-20H2,1-5H3. The van der Waals surface area contributed by atoms with Crippen LogP contribution < -0.4 is 0 Å². The Kier molecular flexibility index (Phi) is 5.85. The van der Waals surface area contributed by atoms with E-state index in [4.69, 9.17) is 0 Å². The summed E-state index contributed by atoms with van der Waals surface area (Å²) in [6.45, 7) is 12.6. The van der Waals surface area contributed by atoms with E-state index in [0.717, 1.165) is 87.8 Å². The molecule has 0 nitrogen and oxygen atoms in total. The highest BCUT2D eigenvalue weighted by Gasteiger charge is 2.67. The molecule has 0 radical (unpaired) electrons. The molecule has 0 N–H and O–H groups in total. The third-order valence-corrected chi connectivity index (χ3v) is 14.8. The van der Waals surface area contributed by atoms with E-state index in [9.17, 15) is 0 Å². The molecule has 0 saturated heterocycles. The highest BCUT2D eigenvalue weighted by Crippen LogP contribution is 2.75. The summed E-state index contributed by atoms with van der Waals surface area (Å²) in [5.74, 6) is 14.3. The number of rotatable bonds is 8. The monoisotopic (exact) mass is 478 g/mol. The Balaban J connectivity index is 0.874. The minimum Gasteiger partial charge on any atom is -0.0654 e. The molecule has 0 heterocycles. The van der Waals surface area contributed by atoms with Crippen molar-refractivity contribution in [1.82, 2.24) is 0 Å². The lowest BCUT2D eigenvalue weighted by Gasteiger charge is -2.67. The molecule has 0 amide bonds. The van der Waals surface area contributed by atoms with Gasteiger partial charge in [-0.1, -0.05) is 60.3 Å². The highest BCUT2D eigenvalue weighted by molar-refractivity contribution is 5.16. The zero-order valence-corrected chi connectivity index (χ0v) is 24.1. The van der Waals surface area contributed by atoms with E-state index in [2.05, 4.69) is 34.6 Å². The van der Waals surface area contributed by atoms with Crippen molar-refractivity contribution < 1.29 is 0 Å². The van der Waals surface area contributed by atoms with Gasteiger partial charge in [-0.15, -0.1) is 0 Å². The van der Waals surface area contributed by atoms with Crippen molar-refractivity contribution in [3.05, 3.63) is 0 Å². The van der Waals surface area contributed by atoms with Gasteiger partial charge in [-0.3, -0.25) is 0 Å². The van der Waals surface area contributed by atoms with Gasteiger partial charge in [0.1, 0.15) is 0 Å². The molecule has 0 aromatic rings. The molecule has 7 fully saturated rings. The third kappa shape index (κ3) is 3.63. The van der Waals surface area contributed by atoms with Crippen molar-refractivity contribution in [3.8, 4) is 0 Å². The van der Waals surface area contributed by atoms with Gasteiger partial charge in [0.25, 0.3) is 0 Å². The summed E-state index contributed by atoms with van der Waals surface area (Å²) in [7, 11) is 0. The molecule has 8 atom stereocenters. The molecule has 8 unspecified atom stereocenters. The van der Waals surface area contributed by atoms with Gasteiger partial charge >= 0.3 is 0 Å². The normalized spacial score (nSPS) is 57.8. The maximum atomic E-state index is 2.72. The van der Waals surface area contributed by atoms with Crippen LogP contribution in [0.15, 0.2) is 0 Å². The summed E-state index contributed by atoms with van der Waals surface area (Å²) in [6, 6.07) is 0. The summed E-state index contributed by atoms with van der Waals surface area (Å²) in [6.07, 6.45) is 23.7. The average Bonchev–Trinajstić information content (AvgIpc) is 3.12. The largest absolute Gasteiger partial charge is 0.0654 e. The first kappa shape index (κ1) is 24.1. The van der Waals surface area contributed by atoms with Crippen LogP contribution in [0.4, 0.5) is 0 Å². The lowest BCUT2D eigenvalue weighted by molar-refractivity contribution is -0.165. The van der Waals surface area contributed by atoms with Crippen LogP contribution in [0.1, 0.15) is 131 Å². The van der Waals surface area contributed by atoms with Gasteiger partial charge in [-0.25, -0.2) is 0 Å². The predicted octanol–water partition coefficient (Wildman–Crippen LogP) is 10.0. The second-order valence-corrected chi connectivity index (χ2v) is 16.9. The van der Waals surface area contributed by atoms with Crippen LogP contribution in [0, 0.1) is 87.8 Å². The average molecular weight is 479 g/mol. The second kappa shape index (κ2) is 8.50. The van der Waals surface area contributed by atoms with Gasteiger partial charge in [-0.2, -0.15) is 0 Å². The SMILES string of the molecule is CCCCCCC1C(C)CC2C3C(C)C(C4CC5(CC(C6CC7(CC(C(C)C)C7)C6)C5)C4)CC3C12. The Morgan fingerprint density at radius 1 is 0.657 bits per heavy atom. The van der Waals surface area contributed by atoms with Gasteiger partial charge in [0, 0.05) is 0 Å². The van der Waals surface area contributed by atoms with E-state index >= 15 is 0 Å². The summed E-state index contributed by atoms with van der Waals surface area (Å²) in [5.41, 5.74) is 1.71. The molecule has 0 aromatic heterocycles. The van der Waals surface area contributed by atoms with E-state index in [1.165, 1.54) is 25.7 Å². The highest BCUT2D eigenvalue weighted by atomic mass is 14.7. The summed E-state index contributed by atoms with van der Waals surface area (Å²) >= 11 is 0. The fraction of sp³-hybridized carbons (Fsp3) is 1.00. The maximum absolute atomic E-state index is 2.72. The molecule has 7 aliphatic carbocycles. The number of hydrogen-bond donors (Lipinski definition) is 0. The number of fused-ring (bicyclic) bond motifs is 4. The Bertz CT molecular complexity index is 764. The van der Waals surface area contributed by atoms with E-state index in [0.29, 0.717) is 0 Å². The van der Waals surface area contributed by atoms with Gasteiger partial charge in [0.2, 0.25) is 0 Å². The van der Waals surface area contributed by atoms with Gasteiger partial charge in [0.05, 0.1) is 0 Å². The minimum absolute atomic E-state index is 0.853. The summed E-state index contributed by atoms with van der Waals surface area (Å²) in [4.78, 5) is 0. The third-order valence-electron chi connectivity index (χ3n) is 14.8. The second-order valence-electron chi connectivity index (χ2n) is 16.9. The molecule has 0 heteroatoms. The smallest absolute Gasteiger partial charge is 0.0287 e. The minimum atomic E-state index is 0.853. The summed E-state index contributed by atoms with van der Waals surface area (Å²) in [5, 5.41) is 0. The number of unbranched alkanes of at least 4 members (excludes halogenated alkanes) is 3. The van der Waals surface area contributed by atoms with Crippen molar-refractivity contribution in [2.45, 2.75) is 131 Å². The fourth-order valence-electron chi connectivity index (χ4n) is 13.1. The van der Waals surface area contributed by atoms with Crippen LogP contribution in [0.3, 0.4) is 0 Å². The van der Waals surface area contributed by atoms with Crippen LogP contribution in [0.25, 0.3) is 0 Å². The van der Waals surface area contributed by atoms with Crippen molar-refractivity contribution in [3.63, 3.8) is 0 Å². The molecule has 7 rings (SSSR count). The molecular formula is C35H58. The first-order valence-corrected chi connectivity index (χ1v) is 16.8. The lowest BCUT2D eigenvalue weighted by Crippen LogP contribution is -2.57. The Morgan fingerprint density at radius 3 is 1.89 bits per heavy atom. The van der Waals surface area contributed by atoms with Crippen LogP contribution >= 0.6 is 0 Å². The zero-order chi connectivity index (χ0) is 24.1. The van der Waals surface area contributed by atoms with Crippen molar-refractivity contribution >= 4 is 0 Å². The van der Waals surface area contributed by atoms with Crippen LogP contribution in [-0.4, -0.2) is 0 Å². The molecule has 7 aliphatic rings. The van der Waals surface area contributed by atoms with E-state index in [1.54, 1.807) is 70.6 Å². The number of hydrogen-bond acceptors (Lipinski definition) is 0. The van der Waals surface area contributed by atoms with E-state index in [1.807, 2.05) is 0 Å². The van der Waals surface area contributed by atoms with Crippen molar-refractivity contribution in [2.24, 2.45) is 87.8 Å². The Hall–Kier alpha value is 0. The molecule has 0 aliphatic heterocycles. The Labute approximate surface area is 218 Å².